The Labute approximate surface area is 178 Å². The summed E-state index contributed by atoms with van der Waals surface area (Å²) < 4.78 is 0. The number of phenols is 1. The Morgan fingerprint density at radius 2 is 1.97 bits per heavy atom. The Kier molecular flexibility index (Phi) is 7.89. The topological polar surface area (TPSA) is 77.0 Å². The summed E-state index contributed by atoms with van der Waals surface area (Å²) in [5, 5.41) is 15.7. The molecule has 0 aromatic heterocycles. The molecule has 1 heterocycles. The summed E-state index contributed by atoms with van der Waals surface area (Å²) in [6.45, 7) is 5.83. The quantitative estimate of drug-likeness (QED) is 0.375. The fourth-order valence-electron chi connectivity index (χ4n) is 3.42. The van der Waals surface area contributed by atoms with Gasteiger partial charge in [-0.05, 0) is 49.1 Å². The van der Waals surface area contributed by atoms with Gasteiger partial charge in [0, 0.05) is 38.3 Å². The van der Waals surface area contributed by atoms with Crippen molar-refractivity contribution >= 4 is 17.4 Å². The summed E-state index contributed by atoms with van der Waals surface area (Å²) in [7, 11) is 0. The first kappa shape index (κ1) is 21.4. The molecule has 30 heavy (non-hydrogen) atoms. The lowest BCUT2D eigenvalue weighted by atomic mass is 10.00. The summed E-state index contributed by atoms with van der Waals surface area (Å²) in [5.74, 6) is 0.824. The van der Waals surface area contributed by atoms with Crippen LogP contribution in [0, 0.1) is 0 Å². The van der Waals surface area contributed by atoms with Gasteiger partial charge in [0.25, 0.3) is 5.91 Å². The van der Waals surface area contributed by atoms with Crippen molar-refractivity contribution in [2.45, 2.75) is 19.8 Å². The van der Waals surface area contributed by atoms with Gasteiger partial charge in [0.2, 0.25) is 0 Å². The third kappa shape index (κ3) is 6.11. The first-order valence-corrected chi connectivity index (χ1v) is 10.5. The number of amides is 1. The normalized spacial score (nSPS) is 14.2. The van der Waals surface area contributed by atoms with E-state index >= 15 is 0 Å². The van der Waals surface area contributed by atoms with Crippen molar-refractivity contribution < 1.29 is 9.90 Å². The molecule has 1 aliphatic rings. The molecular weight excluding hydrogens is 376 g/mol. The Bertz CT molecular complexity index is 893. The van der Waals surface area contributed by atoms with Crippen molar-refractivity contribution in [3.05, 3.63) is 71.8 Å². The Balaban J connectivity index is 1.48. The number of hydrogen-bond donors (Lipinski definition) is 3. The third-order valence-corrected chi connectivity index (χ3v) is 4.98. The number of aliphatic imine (C=N–C) groups is 1. The summed E-state index contributed by atoms with van der Waals surface area (Å²) in [5.41, 5.74) is 3.14. The van der Waals surface area contributed by atoms with Crippen LogP contribution in [0.15, 0.2) is 65.7 Å². The van der Waals surface area contributed by atoms with E-state index in [1.54, 1.807) is 18.2 Å². The van der Waals surface area contributed by atoms with Crippen LogP contribution in [0.5, 0.6) is 5.75 Å². The highest BCUT2D eigenvalue weighted by Gasteiger charge is 2.16. The van der Waals surface area contributed by atoms with Crippen LogP contribution in [0.4, 0.5) is 0 Å². The van der Waals surface area contributed by atoms with Gasteiger partial charge >= 0.3 is 0 Å². The van der Waals surface area contributed by atoms with Crippen LogP contribution in [-0.4, -0.2) is 54.6 Å². The molecule has 1 amide bonds. The van der Waals surface area contributed by atoms with Crippen molar-refractivity contribution in [3.63, 3.8) is 0 Å². The molecule has 0 unspecified atom stereocenters. The molecule has 2 aromatic carbocycles. The number of carbonyl (C=O) groups excluding carboxylic acids is 1. The monoisotopic (exact) mass is 406 g/mol. The zero-order chi connectivity index (χ0) is 21.2. The minimum atomic E-state index is -0.184. The molecule has 0 atom stereocenters. The van der Waals surface area contributed by atoms with Gasteiger partial charge in [-0.3, -0.25) is 9.79 Å². The van der Waals surface area contributed by atoms with Crippen LogP contribution in [0.25, 0.3) is 5.57 Å². The van der Waals surface area contributed by atoms with Gasteiger partial charge in [-0.2, -0.15) is 0 Å². The van der Waals surface area contributed by atoms with E-state index in [0.717, 1.165) is 38.4 Å². The second-order valence-corrected chi connectivity index (χ2v) is 7.19. The zero-order valence-electron chi connectivity index (χ0n) is 17.5. The first-order valence-electron chi connectivity index (χ1n) is 10.5. The molecule has 3 N–H and O–H groups in total. The van der Waals surface area contributed by atoms with Crippen molar-refractivity contribution in [2.75, 3.05) is 32.7 Å². The van der Waals surface area contributed by atoms with Gasteiger partial charge in [0.15, 0.2) is 5.96 Å². The smallest absolute Gasteiger partial charge is 0.251 e. The van der Waals surface area contributed by atoms with Crippen molar-refractivity contribution in [1.82, 2.24) is 15.5 Å². The van der Waals surface area contributed by atoms with Gasteiger partial charge < -0.3 is 20.6 Å². The average molecular weight is 407 g/mol. The van der Waals surface area contributed by atoms with Crippen LogP contribution < -0.4 is 10.6 Å². The van der Waals surface area contributed by atoms with Crippen molar-refractivity contribution in [1.29, 1.82) is 0 Å². The highest BCUT2D eigenvalue weighted by molar-refractivity contribution is 5.94. The number of nitrogens with one attached hydrogen (secondary N) is 2. The van der Waals surface area contributed by atoms with Gasteiger partial charge in [-0.25, -0.2) is 0 Å². The Hall–Kier alpha value is -3.28. The minimum absolute atomic E-state index is 0.0912. The lowest BCUT2D eigenvalue weighted by Gasteiger charge is -2.30. The molecule has 0 radical (unpaired) electrons. The number of aromatic hydroxyl groups is 1. The molecule has 3 rings (SSSR count). The molecule has 0 spiro atoms. The zero-order valence-corrected chi connectivity index (χ0v) is 17.5. The fraction of sp³-hybridized carbons (Fsp3) is 0.333. The maximum atomic E-state index is 12.1. The van der Waals surface area contributed by atoms with Crippen LogP contribution in [0.3, 0.4) is 0 Å². The van der Waals surface area contributed by atoms with Crippen LogP contribution >= 0.6 is 0 Å². The molecule has 0 bridgehead atoms. The second-order valence-electron chi connectivity index (χ2n) is 7.19. The van der Waals surface area contributed by atoms with Crippen LogP contribution in [0.2, 0.25) is 0 Å². The summed E-state index contributed by atoms with van der Waals surface area (Å²) >= 11 is 0. The number of phenolic OH excluding ortho intramolecular Hbond substituents is 1. The molecule has 6 nitrogen and oxygen atoms in total. The average Bonchev–Trinajstić information content (AvgIpc) is 2.79. The Morgan fingerprint density at radius 1 is 1.13 bits per heavy atom. The predicted molar refractivity (Wildman–Crippen MR) is 122 cm³/mol. The highest BCUT2D eigenvalue weighted by Crippen LogP contribution is 2.22. The highest BCUT2D eigenvalue weighted by atomic mass is 16.3. The van der Waals surface area contributed by atoms with E-state index in [2.05, 4.69) is 52.8 Å². The minimum Gasteiger partial charge on any atom is -0.508 e. The maximum Gasteiger partial charge on any atom is 0.251 e. The second kappa shape index (κ2) is 11.0. The van der Waals surface area contributed by atoms with E-state index in [0.29, 0.717) is 18.7 Å². The van der Waals surface area contributed by atoms with Crippen molar-refractivity contribution in [3.8, 4) is 5.75 Å². The van der Waals surface area contributed by atoms with E-state index in [4.69, 9.17) is 4.99 Å². The van der Waals surface area contributed by atoms with Crippen LogP contribution in [-0.2, 0) is 0 Å². The van der Waals surface area contributed by atoms with E-state index < -0.39 is 0 Å². The largest absolute Gasteiger partial charge is 0.508 e. The molecule has 0 saturated carbocycles. The van der Waals surface area contributed by atoms with Crippen molar-refractivity contribution in [2.24, 2.45) is 4.99 Å². The summed E-state index contributed by atoms with van der Waals surface area (Å²) in [4.78, 5) is 19.1. The Morgan fingerprint density at radius 3 is 2.67 bits per heavy atom. The van der Waals surface area contributed by atoms with Gasteiger partial charge in [-0.15, -0.1) is 0 Å². The van der Waals surface area contributed by atoms with E-state index in [9.17, 15) is 9.90 Å². The molecule has 158 valence electrons. The number of nitrogens with zero attached hydrogens (tertiary/aromatic N) is 2. The lowest BCUT2D eigenvalue weighted by molar-refractivity contribution is 0.0953. The number of guanidine groups is 1. The number of rotatable bonds is 7. The van der Waals surface area contributed by atoms with Crippen LogP contribution in [0.1, 0.15) is 35.7 Å². The number of hydrogen-bond acceptors (Lipinski definition) is 3. The molecule has 1 aliphatic heterocycles. The molecule has 0 fully saturated rings. The van der Waals surface area contributed by atoms with Gasteiger partial charge in [0.05, 0.1) is 0 Å². The fourth-order valence-corrected chi connectivity index (χ4v) is 3.42. The van der Waals surface area contributed by atoms with Gasteiger partial charge in [-0.1, -0.05) is 42.5 Å². The lowest BCUT2D eigenvalue weighted by Crippen LogP contribution is -2.43. The summed E-state index contributed by atoms with van der Waals surface area (Å²) in [6, 6.07) is 16.9. The molecule has 0 saturated heterocycles. The maximum absolute atomic E-state index is 12.1. The van der Waals surface area contributed by atoms with Gasteiger partial charge in [0.1, 0.15) is 5.75 Å². The first-order chi connectivity index (χ1) is 14.7. The van der Waals surface area contributed by atoms with E-state index in [1.807, 2.05) is 6.07 Å². The molecule has 2 aromatic rings. The molecule has 0 aliphatic carbocycles. The number of carbonyl (C=O) groups is 1. The predicted octanol–water partition coefficient (Wildman–Crippen LogP) is 3.27. The SMILES string of the molecule is CCNC(=NCCCNC(=O)c1cccc(O)c1)N1CC=C(c2ccccc2)CC1. The summed E-state index contributed by atoms with van der Waals surface area (Å²) in [6.07, 6.45) is 4.02. The molecular formula is C24H30N4O2. The van der Waals surface area contributed by atoms with E-state index in [1.165, 1.54) is 17.2 Å². The van der Waals surface area contributed by atoms with E-state index in [-0.39, 0.29) is 11.7 Å². The third-order valence-electron chi connectivity index (χ3n) is 4.98. The standard InChI is InChI=1S/C24H30N4O2/c1-2-25-24(28-16-12-20(13-17-28)19-8-4-3-5-9-19)27-15-7-14-26-23(30)21-10-6-11-22(29)18-21/h3-6,8-12,18,29H,2,7,13-17H2,1H3,(H,25,27)(H,26,30). The number of benzene rings is 2. The molecule has 6 heteroatoms.